The number of nitrogens with zero attached hydrogens (tertiary/aromatic N) is 3. The van der Waals surface area contributed by atoms with Crippen LogP contribution in [0, 0.1) is 11.3 Å². The fraction of sp³-hybridized carbons (Fsp3) is 0.368. The first-order valence-corrected chi connectivity index (χ1v) is 9.28. The van der Waals surface area contributed by atoms with E-state index in [1.54, 1.807) is 24.3 Å². The van der Waals surface area contributed by atoms with Gasteiger partial charge in [-0.2, -0.15) is 23.4 Å². The van der Waals surface area contributed by atoms with Gasteiger partial charge in [-0.25, -0.2) is 0 Å². The molecule has 1 aromatic carbocycles. The zero-order chi connectivity index (χ0) is 21.9. The van der Waals surface area contributed by atoms with Crippen LogP contribution in [0.5, 0.6) is 6.01 Å². The van der Waals surface area contributed by atoms with Crippen LogP contribution in [0.15, 0.2) is 35.1 Å². The summed E-state index contributed by atoms with van der Waals surface area (Å²) in [5, 5.41) is 12.0. The first-order chi connectivity index (χ1) is 14.1. The smallest absolute Gasteiger partial charge is 0.392 e. The van der Waals surface area contributed by atoms with Crippen molar-refractivity contribution >= 4 is 17.5 Å². The molecule has 7 nitrogen and oxygen atoms in total. The average molecular weight is 441 g/mol. The van der Waals surface area contributed by atoms with Gasteiger partial charge >= 0.3 is 6.18 Å². The van der Waals surface area contributed by atoms with E-state index in [1.807, 2.05) is 6.07 Å². The average Bonchev–Trinajstić information content (AvgIpc) is 3.43. The second-order valence-electron chi connectivity index (χ2n) is 6.81. The summed E-state index contributed by atoms with van der Waals surface area (Å²) in [5.41, 5.74) is -0.982. The third kappa shape index (κ3) is 5.51. The fourth-order valence-electron chi connectivity index (χ4n) is 2.61. The van der Waals surface area contributed by atoms with Crippen LogP contribution in [-0.2, 0) is 11.3 Å². The van der Waals surface area contributed by atoms with Gasteiger partial charge in [-0.15, -0.1) is 0 Å². The summed E-state index contributed by atoms with van der Waals surface area (Å²) in [6.07, 6.45) is -4.72. The van der Waals surface area contributed by atoms with Gasteiger partial charge in [-0.3, -0.25) is 14.2 Å². The molecule has 0 atom stereocenters. The molecule has 2 aromatic rings. The van der Waals surface area contributed by atoms with E-state index in [9.17, 15) is 22.8 Å². The lowest BCUT2D eigenvalue weighted by Gasteiger charge is -2.16. The molecule has 0 unspecified atom stereocenters. The number of nitrogens with one attached hydrogen (secondary N) is 1. The minimum absolute atomic E-state index is 0.158. The predicted molar refractivity (Wildman–Crippen MR) is 101 cm³/mol. The summed E-state index contributed by atoms with van der Waals surface area (Å²) in [7, 11) is 0. The van der Waals surface area contributed by atoms with Crippen LogP contribution < -0.4 is 15.6 Å². The third-order valence-corrected chi connectivity index (χ3v) is 4.63. The lowest BCUT2D eigenvalue weighted by molar-refractivity contribution is -0.140. The first-order valence-electron chi connectivity index (χ1n) is 8.90. The van der Waals surface area contributed by atoms with Gasteiger partial charge in [0.2, 0.25) is 5.91 Å². The van der Waals surface area contributed by atoms with Crippen molar-refractivity contribution in [3.63, 3.8) is 0 Å². The minimum Gasteiger partial charge on any atom is -0.464 e. The van der Waals surface area contributed by atoms with Crippen molar-refractivity contribution in [3.8, 4) is 23.3 Å². The van der Waals surface area contributed by atoms with E-state index in [2.05, 4.69) is 10.3 Å². The molecule has 11 heteroatoms. The third-order valence-electron chi connectivity index (χ3n) is 4.37. The number of aromatic nitrogens is 2. The Morgan fingerprint density at radius 3 is 2.57 bits per heavy atom. The molecule has 1 amide bonds. The maximum absolute atomic E-state index is 12.6. The maximum atomic E-state index is 12.6. The number of alkyl halides is 3. The Bertz CT molecular complexity index is 1040. The summed E-state index contributed by atoms with van der Waals surface area (Å²) in [5.74, 6) is -0.641. The van der Waals surface area contributed by atoms with E-state index < -0.39 is 48.8 Å². The number of rotatable bonds is 7. The molecular formula is C19H16ClF3N4O3. The number of ether oxygens (including phenoxy) is 1. The highest BCUT2D eigenvalue weighted by Gasteiger charge is 2.44. The normalized spacial score (nSPS) is 14.6. The van der Waals surface area contributed by atoms with Crippen LogP contribution in [0.2, 0.25) is 5.02 Å². The molecule has 30 heavy (non-hydrogen) atoms. The van der Waals surface area contributed by atoms with Gasteiger partial charge in [0.25, 0.3) is 11.6 Å². The van der Waals surface area contributed by atoms with Crippen LogP contribution in [0.25, 0.3) is 11.3 Å². The van der Waals surface area contributed by atoms with Gasteiger partial charge in [0, 0.05) is 16.7 Å². The van der Waals surface area contributed by atoms with Crippen LogP contribution in [0.4, 0.5) is 13.2 Å². The quantitative estimate of drug-likeness (QED) is 0.713. The Morgan fingerprint density at radius 1 is 1.33 bits per heavy atom. The summed E-state index contributed by atoms with van der Waals surface area (Å²) in [6.45, 7) is -1.32. The van der Waals surface area contributed by atoms with Crippen molar-refractivity contribution in [1.82, 2.24) is 14.9 Å². The number of hydrogen-bond donors (Lipinski definition) is 1. The van der Waals surface area contributed by atoms with Gasteiger partial charge < -0.3 is 10.1 Å². The molecular weight excluding hydrogens is 425 g/mol. The molecule has 0 saturated heterocycles. The van der Waals surface area contributed by atoms with Crippen LogP contribution in [-0.4, -0.2) is 33.8 Å². The second-order valence-corrected chi connectivity index (χ2v) is 7.25. The zero-order valence-corrected chi connectivity index (χ0v) is 16.3. The number of halogens is 4. The van der Waals surface area contributed by atoms with E-state index in [0.717, 1.165) is 10.6 Å². The molecule has 0 aliphatic heterocycles. The number of nitriles is 1. The number of carbonyl (C=O) groups excluding carboxylic acids is 1. The Balaban J connectivity index is 1.89. The Hall–Kier alpha value is -3.06. The molecule has 0 spiro atoms. The topological polar surface area (TPSA) is 97.0 Å². The first kappa shape index (κ1) is 21.6. The molecule has 1 aliphatic rings. The van der Waals surface area contributed by atoms with E-state index >= 15 is 0 Å². The lowest BCUT2D eigenvalue weighted by Crippen LogP contribution is -2.40. The molecule has 3 rings (SSSR count). The molecule has 0 radical (unpaired) electrons. The number of carbonyl (C=O) groups is 1. The highest BCUT2D eigenvalue weighted by molar-refractivity contribution is 6.30. The van der Waals surface area contributed by atoms with Gasteiger partial charge in [0.15, 0.2) is 0 Å². The van der Waals surface area contributed by atoms with Crippen molar-refractivity contribution in [2.45, 2.75) is 37.5 Å². The van der Waals surface area contributed by atoms with E-state index in [4.69, 9.17) is 21.6 Å². The molecule has 1 saturated carbocycles. The van der Waals surface area contributed by atoms with Crippen molar-refractivity contribution in [3.05, 3.63) is 45.7 Å². The maximum Gasteiger partial charge on any atom is 0.392 e. The van der Waals surface area contributed by atoms with Gasteiger partial charge in [-0.1, -0.05) is 23.7 Å². The molecule has 1 aromatic heterocycles. The predicted octanol–water partition coefficient (Wildman–Crippen LogP) is 3.07. The molecule has 1 aliphatic carbocycles. The lowest BCUT2D eigenvalue weighted by atomic mass is 10.1. The monoisotopic (exact) mass is 440 g/mol. The number of hydrogen-bond acceptors (Lipinski definition) is 5. The largest absolute Gasteiger partial charge is 0.464 e. The number of amides is 1. The standard InChI is InChI=1S/C19H16ClF3N4O3/c20-13-3-1-12(2-4-13)14-9-16(29)27(10-15(28)26-18(11-24)5-6-18)17(25-14)30-8-7-19(21,22)23/h1-4,9H,5-8,10H2,(H,26,28). The Kier molecular flexibility index (Phi) is 6.03. The highest BCUT2D eigenvalue weighted by atomic mass is 35.5. The van der Waals surface area contributed by atoms with Crippen molar-refractivity contribution in [2.75, 3.05) is 6.61 Å². The van der Waals surface area contributed by atoms with E-state index in [-0.39, 0.29) is 5.69 Å². The number of benzene rings is 1. The summed E-state index contributed by atoms with van der Waals surface area (Å²) < 4.78 is 43.4. The molecule has 158 valence electrons. The van der Waals surface area contributed by atoms with Crippen molar-refractivity contribution in [1.29, 1.82) is 5.26 Å². The van der Waals surface area contributed by atoms with Gasteiger partial charge in [0.1, 0.15) is 18.7 Å². The molecule has 1 fully saturated rings. The summed E-state index contributed by atoms with van der Waals surface area (Å²) in [4.78, 5) is 29.0. The van der Waals surface area contributed by atoms with Crippen molar-refractivity contribution in [2.24, 2.45) is 0 Å². The Labute approximate surface area is 174 Å². The van der Waals surface area contributed by atoms with Gasteiger partial charge in [0.05, 0.1) is 18.2 Å². The Morgan fingerprint density at radius 2 is 2.00 bits per heavy atom. The summed E-state index contributed by atoms with van der Waals surface area (Å²) >= 11 is 5.84. The molecule has 0 bridgehead atoms. The van der Waals surface area contributed by atoms with Crippen molar-refractivity contribution < 1.29 is 22.7 Å². The van der Waals surface area contributed by atoms with E-state index in [0.29, 0.717) is 23.4 Å². The van der Waals surface area contributed by atoms with Crippen LogP contribution in [0.1, 0.15) is 19.3 Å². The fourth-order valence-corrected chi connectivity index (χ4v) is 2.73. The van der Waals surface area contributed by atoms with Gasteiger partial charge in [-0.05, 0) is 25.0 Å². The minimum atomic E-state index is -4.46. The van der Waals surface area contributed by atoms with E-state index in [1.165, 1.54) is 0 Å². The summed E-state index contributed by atoms with van der Waals surface area (Å²) in [6, 6.07) is 9.01. The van der Waals surface area contributed by atoms with Crippen LogP contribution >= 0.6 is 11.6 Å². The SMILES string of the molecule is N#CC1(NC(=O)Cn2c(OCCC(F)(F)F)nc(-c3ccc(Cl)cc3)cc2=O)CC1. The second kappa shape index (κ2) is 8.36. The molecule has 1 heterocycles. The zero-order valence-electron chi connectivity index (χ0n) is 15.5. The highest BCUT2D eigenvalue weighted by Crippen LogP contribution is 2.34. The molecule has 1 N–H and O–H groups in total. The van der Waals surface area contributed by atoms with Crippen LogP contribution in [0.3, 0.4) is 0 Å².